The maximum Gasteiger partial charge on any atom is 0.248 e. The van der Waals surface area contributed by atoms with E-state index in [-0.39, 0.29) is 24.7 Å². The first kappa shape index (κ1) is 10.5. The number of ether oxygens (including phenoxy) is 1. The summed E-state index contributed by atoms with van der Waals surface area (Å²) in [6.45, 7) is 0. The molecule has 1 aromatic rings. The van der Waals surface area contributed by atoms with Crippen molar-refractivity contribution in [3.63, 3.8) is 0 Å². The Balaban J connectivity index is 2.08. The SMILES string of the molecule is COc1ccc(NN2C(=O)CCC2=O)cc1. The van der Waals surface area contributed by atoms with Crippen molar-refractivity contribution in [1.29, 1.82) is 0 Å². The van der Waals surface area contributed by atoms with Gasteiger partial charge >= 0.3 is 0 Å². The van der Waals surface area contributed by atoms with Gasteiger partial charge in [-0.15, -0.1) is 0 Å². The van der Waals surface area contributed by atoms with E-state index in [4.69, 9.17) is 4.74 Å². The van der Waals surface area contributed by atoms with Crippen LogP contribution in [0.15, 0.2) is 24.3 Å². The fraction of sp³-hybridized carbons (Fsp3) is 0.273. The van der Waals surface area contributed by atoms with Gasteiger partial charge in [0.05, 0.1) is 12.8 Å². The number of amides is 2. The summed E-state index contributed by atoms with van der Waals surface area (Å²) in [5.41, 5.74) is 3.46. The topological polar surface area (TPSA) is 58.6 Å². The van der Waals surface area contributed by atoms with Gasteiger partial charge in [-0.25, -0.2) is 0 Å². The standard InChI is InChI=1S/C11H12N2O3/c1-16-9-4-2-8(3-5-9)12-13-10(14)6-7-11(13)15/h2-5,12H,6-7H2,1H3. The van der Waals surface area contributed by atoms with Crippen molar-refractivity contribution in [2.45, 2.75) is 12.8 Å². The number of nitrogens with one attached hydrogen (secondary N) is 1. The Bertz CT molecular complexity index is 398. The molecule has 1 aromatic carbocycles. The third-order valence-electron chi connectivity index (χ3n) is 2.38. The molecular weight excluding hydrogens is 208 g/mol. The van der Waals surface area contributed by atoms with Crippen molar-refractivity contribution < 1.29 is 14.3 Å². The predicted octanol–water partition coefficient (Wildman–Crippen LogP) is 1.17. The van der Waals surface area contributed by atoms with Gasteiger partial charge in [0.25, 0.3) is 0 Å². The molecule has 0 bridgehead atoms. The molecule has 2 rings (SSSR count). The summed E-state index contributed by atoms with van der Waals surface area (Å²) in [6, 6.07) is 7.01. The molecule has 1 fully saturated rings. The zero-order valence-corrected chi connectivity index (χ0v) is 8.90. The highest BCUT2D eigenvalue weighted by Crippen LogP contribution is 2.18. The van der Waals surface area contributed by atoms with E-state index in [0.29, 0.717) is 5.69 Å². The molecule has 0 aliphatic carbocycles. The third-order valence-corrected chi connectivity index (χ3v) is 2.38. The second-order valence-corrected chi connectivity index (χ2v) is 3.46. The van der Waals surface area contributed by atoms with Crippen molar-refractivity contribution in [1.82, 2.24) is 5.01 Å². The van der Waals surface area contributed by atoms with Gasteiger partial charge in [0, 0.05) is 12.8 Å². The van der Waals surface area contributed by atoms with Crippen molar-refractivity contribution >= 4 is 17.5 Å². The summed E-state index contributed by atoms with van der Waals surface area (Å²) < 4.78 is 5.01. The number of hydrogen-bond donors (Lipinski definition) is 1. The van der Waals surface area contributed by atoms with Crippen LogP contribution in [0.2, 0.25) is 0 Å². The molecule has 0 saturated carbocycles. The first-order chi connectivity index (χ1) is 7.70. The van der Waals surface area contributed by atoms with Gasteiger partial charge in [0.15, 0.2) is 0 Å². The molecule has 1 heterocycles. The highest BCUT2D eigenvalue weighted by Gasteiger charge is 2.28. The van der Waals surface area contributed by atoms with E-state index in [1.807, 2.05) is 0 Å². The molecule has 0 atom stereocenters. The third kappa shape index (κ3) is 1.98. The van der Waals surface area contributed by atoms with E-state index in [2.05, 4.69) is 5.43 Å². The number of carbonyl (C=O) groups excluding carboxylic acids is 2. The van der Waals surface area contributed by atoms with Crippen LogP contribution in [0.1, 0.15) is 12.8 Å². The first-order valence-electron chi connectivity index (χ1n) is 4.97. The Morgan fingerprint density at radius 1 is 1.12 bits per heavy atom. The van der Waals surface area contributed by atoms with Gasteiger partial charge in [-0.1, -0.05) is 0 Å². The van der Waals surface area contributed by atoms with Gasteiger partial charge in [-0.05, 0) is 24.3 Å². The fourth-order valence-electron chi connectivity index (χ4n) is 1.50. The summed E-state index contributed by atoms with van der Waals surface area (Å²) >= 11 is 0. The predicted molar refractivity (Wildman–Crippen MR) is 57.7 cm³/mol. The number of nitrogens with zero attached hydrogens (tertiary/aromatic N) is 1. The van der Waals surface area contributed by atoms with E-state index in [9.17, 15) is 9.59 Å². The second-order valence-electron chi connectivity index (χ2n) is 3.46. The number of carbonyl (C=O) groups is 2. The van der Waals surface area contributed by atoms with E-state index >= 15 is 0 Å². The molecular formula is C11H12N2O3. The van der Waals surface area contributed by atoms with E-state index in [0.717, 1.165) is 10.8 Å². The van der Waals surface area contributed by atoms with E-state index in [1.165, 1.54) is 0 Å². The number of benzene rings is 1. The number of methoxy groups -OCH3 is 1. The molecule has 16 heavy (non-hydrogen) atoms. The highest BCUT2D eigenvalue weighted by molar-refractivity contribution is 6.02. The summed E-state index contributed by atoms with van der Waals surface area (Å²) in [5, 5.41) is 1.06. The number of anilines is 1. The van der Waals surface area contributed by atoms with Crippen LogP contribution in [0.3, 0.4) is 0 Å². The molecule has 2 amide bonds. The van der Waals surface area contributed by atoms with Crippen LogP contribution in [-0.2, 0) is 9.59 Å². The van der Waals surface area contributed by atoms with E-state index < -0.39 is 0 Å². The smallest absolute Gasteiger partial charge is 0.248 e. The minimum atomic E-state index is -0.194. The zero-order chi connectivity index (χ0) is 11.5. The molecule has 1 N–H and O–H groups in total. The minimum Gasteiger partial charge on any atom is -0.497 e. The Kier molecular flexibility index (Phi) is 2.76. The normalized spacial score (nSPS) is 15.4. The Morgan fingerprint density at radius 2 is 1.69 bits per heavy atom. The number of hydrazine groups is 1. The second kappa shape index (κ2) is 4.22. The minimum absolute atomic E-state index is 0.194. The quantitative estimate of drug-likeness (QED) is 0.777. The Hall–Kier alpha value is -2.04. The molecule has 1 saturated heterocycles. The van der Waals surface area contributed by atoms with Crippen LogP contribution >= 0.6 is 0 Å². The number of hydrogen-bond acceptors (Lipinski definition) is 4. The largest absolute Gasteiger partial charge is 0.497 e. The van der Waals surface area contributed by atoms with Gasteiger partial charge in [-0.2, -0.15) is 5.01 Å². The first-order valence-corrected chi connectivity index (χ1v) is 4.97. The Morgan fingerprint density at radius 3 is 2.19 bits per heavy atom. The average molecular weight is 220 g/mol. The summed E-state index contributed by atoms with van der Waals surface area (Å²) in [7, 11) is 1.58. The molecule has 1 aliphatic heterocycles. The van der Waals surface area contributed by atoms with Crippen LogP contribution in [0.4, 0.5) is 5.69 Å². The highest BCUT2D eigenvalue weighted by atomic mass is 16.5. The van der Waals surface area contributed by atoms with Gasteiger partial charge in [0.1, 0.15) is 5.75 Å². The van der Waals surface area contributed by atoms with Crippen LogP contribution < -0.4 is 10.2 Å². The molecule has 5 heteroatoms. The van der Waals surface area contributed by atoms with Crippen molar-refractivity contribution in [2.24, 2.45) is 0 Å². The summed E-state index contributed by atoms with van der Waals surface area (Å²) in [4.78, 5) is 22.7. The average Bonchev–Trinajstić information content (AvgIpc) is 2.62. The van der Waals surface area contributed by atoms with Crippen molar-refractivity contribution in [3.8, 4) is 5.75 Å². The lowest BCUT2D eigenvalue weighted by molar-refractivity contribution is -0.136. The molecule has 0 unspecified atom stereocenters. The van der Waals surface area contributed by atoms with Crippen LogP contribution in [0, 0.1) is 0 Å². The van der Waals surface area contributed by atoms with Crippen LogP contribution in [-0.4, -0.2) is 23.9 Å². The maximum absolute atomic E-state index is 11.3. The molecule has 0 spiro atoms. The maximum atomic E-state index is 11.3. The Labute approximate surface area is 93.0 Å². The molecule has 0 radical (unpaired) electrons. The fourth-order valence-corrected chi connectivity index (χ4v) is 1.50. The molecule has 5 nitrogen and oxygen atoms in total. The lowest BCUT2D eigenvalue weighted by Crippen LogP contribution is -2.34. The summed E-state index contributed by atoms with van der Waals surface area (Å²) in [5.74, 6) is 0.339. The molecule has 1 aliphatic rings. The van der Waals surface area contributed by atoms with Crippen molar-refractivity contribution in [3.05, 3.63) is 24.3 Å². The lowest BCUT2D eigenvalue weighted by atomic mass is 10.3. The van der Waals surface area contributed by atoms with Gasteiger partial charge < -0.3 is 4.74 Å². The number of imide groups is 1. The lowest BCUT2D eigenvalue weighted by Gasteiger charge is -2.16. The van der Waals surface area contributed by atoms with Crippen LogP contribution in [0.25, 0.3) is 0 Å². The zero-order valence-electron chi connectivity index (χ0n) is 8.90. The van der Waals surface area contributed by atoms with Gasteiger partial charge in [0.2, 0.25) is 11.8 Å². The monoisotopic (exact) mass is 220 g/mol. The summed E-state index contributed by atoms with van der Waals surface area (Å²) in [6.07, 6.45) is 0.560. The van der Waals surface area contributed by atoms with Crippen LogP contribution in [0.5, 0.6) is 5.75 Å². The van der Waals surface area contributed by atoms with Crippen molar-refractivity contribution in [2.75, 3.05) is 12.5 Å². The number of rotatable bonds is 3. The molecule has 0 aromatic heterocycles. The van der Waals surface area contributed by atoms with Gasteiger partial charge in [-0.3, -0.25) is 15.0 Å². The van der Waals surface area contributed by atoms with E-state index in [1.54, 1.807) is 31.4 Å². The molecule has 84 valence electrons.